The number of rotatable bonds is 8. The van der Waals surface area contributed by atoms with Crippen LogP contribution in [0.25, 0.3) is 0 Å². The Morgan fingerprint density at radius 3 is 2.40 bits per heavy atom. The quantitative estimate of drug-likeness (QED) is 0.485. The molecule has 4 N–H and O–H groups in total. The number of ether oxygens (including phenoxy) is 1. The summed E-state index contributed by atoms with van der Waals surface area (Å²) in [6.07, 6.45) is 2.02. The minimum Gasteiger partial charge on any atom is -0.494 e. The van der Waals surface area contributed by atoms with Gasteiger partial charge < -0.3 is 20.3 Å². The average molecular weight is 368 g/mol. The molecule has 0 saturated carbocycles. The van der Waals surface area contributed by atoms with Crippen LogP contribution in [0.3, 0.4) is 0 Å². The molecule has 0 bridgehead atoms. The van der Waals surface area contributed by atoms with Gasteiger partial charge in [0.1, 0.15) is 11.5 Å². The van der Waals surface area contributed by atoms with Gasteiger partial charge in [0.2, 0.25) is 0 Å². The van der Waals surface area contributed by atoms with Gasteiger partial charge in [-0.05, 0) is 30.9 Å². The van der Waals surface area contributed by atoms with Crippen molar-refractivity contribution >= 4 is 24.6 Å². The first kappa shape index (κ1) is 19.6. The summed E-state index contributed by atoms with van der Waals surface area (Å²) in [5.41, 5.74) is 5.59. The Balaban J connectivity index is 0.00000361. The molecule has 0 spiro atoms. The lowest BCUT2D eigenvalue weighted by Crippen LogP contribution is -2.29. The zero-order valence-electron chi connectivity index (χ0n) is 11.5. The fourth-order valence-electron chi connectivity index (χ4n) is 1.94. The van der Waals surface area contributed by atoms with E-state index in [1.807, 2.05) is 37.3 Å². The van der Waals surface area contributed by atoms with E-state index in [0.29, 0.717) is 19.4 Å². The molecule has 0 fully saturated rings. The van der Waals surface area contributed by atoms with Gasteiger partial charge in [-0.25, -0.2) is 0 Å². The van der Waals surface area contributed by atoms with E-state index in [9.17, 15) is 4.57 Å². The molecule has 20 heavy (non-hydrogen) atoms. The maximum Gasteiger partial charge on any atom is 0.342 e. The molecule has 0 radical (unpaired) electrons. The molecule has 7 heteroatoms. The van der Waals surface area contributed by atoms with Crippen LogP contribution in [0.5, 0.6) is 5.75 Å². The van der Waals surface area contributed by atoms with Gasteiger partial charge in [0.15, 0.2) is 0 Å². The van der Waals surface area contributed by atoms with Crippen LogP contribution in [0.4, 0.5) is 0 Å². The van der Waals surface area contributed by atoms with Crippen molar-refractivity contribution in [1.82, 2.24) is 0 Å². The van der Waals surface area contributed by atoms with Crippen LogP contribution in [0.1, 0.15) is 26.2 Å². The van der Waals surface area contributed by atoms with Crippen molar-refractivity contribution in [3.63, 3.8) is 0 Å². The van der Waals surface area contributed by atoms with E-state index in [-0.39, 0.29) is 22.9 Å². The third kappa shape index (κ3) is 6.86. The molecule has 0 aliphatic carbocycles. The second-order valence-electron chi connectivity index (χ2n) is 4.55. The highest BCUT2D eigenvalue weighted by molar-refractivity contribution is 8.93. The highest BCUT2D eigenvalue weighted by Gasteiger charge is 2.31. The lowest BCUT2D eigenvalue weighted by atomic mass is 10.0. The summed E-state index contributed by atoms with van der Waals surface area (Å²) >= 11 is 0. The average Bonchev–Trinajstić information content (AvgIpc) is 2.38. The topological polar surface area (TPSA) is 92.8 Å². The smallest absolute Gasteiger partial charge is 0.342 e. The summed E-state index contributed by atoms with van der Waals surface area (Å²) in [4.78, 5) is 18.2. The molecular formula is C13H23BrNO4P. The fourth-order valence-corrected chi connectivity index (χ4v) is 2.85. The molecule has 0 aromatic heterocycles. The van der Waals surface area contributed by atoms with Gasteiger partial charge >= 0.3 is 7.60 Å². The van der Waals surface area contributed by atoms with Gasteiger partial charge in [0.05, 0.1) is 6.61 Å². The maximum atomic E-state index is 11.1. The summed E-state index contributed by atoms with van der Waals surface area (Å²) < 4.78 is 16.7. The second kappa shape index (κ2) is 9.53. The van der Waals surface area contributed by atoms with Gasteiger partial charge in [-0.2, -0.15) is 0 Å². The first-order valence-electron chi connectivity index (χ1n) is 6.43. The lowest BCUT2D eigenvalue weighted by molar-refractivity contribution is 0.276. The van der Waals surface area contributed by atoms with Gasteiger partial charge in [-0.3, -0.25) is 4.57 Å². The Labute approximate surface area is 130 Å². The van der Waals surface area contributed by atoms with Crippen molar-refractivity contribution in [2.45, 2.75) is 32.0 Å². The zero-order chi connectivity index (χ0) is 14.3. The minimum absolute atomic E-state index is 0. The second-order valence-corrected chi connectivity index (χ2v) is 6.33. The Hall–Kier alpha value is -0.390. The predicted molar refractivity (Wildman–Crippen MR) is 85.3 cm³/mol. The predicted octanol–water partition coefficient (Wildman–Crippen LogP) is 2.91. The van der Waals surface area contributed by atoms with Crippen LogP contribution >= 0.6 is 24.6 Å². The van der Waals surface area contributed by atoms with E-state index >= 15 is 0 Å². The summed E-state index contributed by atoms with van der Waals surface area (Å²) in [6, 6.07) is 9.46. The number of halogens is 1. The third-order valence-electron chi connectivity index (χ3n) is 3.13. The molecule has 0 heterocycles. The summed E-state index contributed by atoms with van der Waals surface area (Å²) in [7, 11) is -4.20. The van der Waals surface area contributed by atoms with E-state index in [0.717, 1.165) is 12.2 Å². The third-order valence-corrected chi connectivity index (χ3v) is 4.33. The van der Waals surface area contributed by atoms with Crippen molar-refractivity contribution < 1.29 is 19.1 Å². The SMILES string of the molecule is Br.CCC(CCCOc1ccccc1)C(N)P(=O)(O)O. The Kier molecular flexibility index (Phi) is 9.34. The van der Waals surface area contributed by atoms with E-state index in [1.54, 1.807) is 0 Å². The largest absolute Gasteiger partial charge is 0.494 e. The van der Waals surface area contributed by atoms with Crippen LogP contribution in [0, 0.1) is 5.92 Å². The number of hydrogen-bond donors (Lipinski definition) is 3. The Bertz CT molecular complexity index is 412. The molecule has 2 unspecified atom stereocenters. The summed E-state index contributed by atoms with van der Waals surface area (Å²) in [6.45, 7) is 2.41. The van der Waals surface area contributed by atoms with Crippen LogP contribution in [-0.2, 0) is 4.57 Å². The standard InChI is InChI=1S/C13H22NO4P.BrH/c1-2-11(13(14)19(15,16)17)7-6-10-18-12-8-4-3-5-9-12;/h3-5,8-9,11,13H,2,6-7,10,14H2,1H3,(H2,15,16,17);1H. The van der Waals surface area contributed by atoms with E-state index in [4.69, 9.17) is 20.3 Å². The van der Waals surface area contributed by atoms with Crippen LogP contribution in [0.2, 0.25) is 0 Å². The molecule has 0 saturated heterocycles. The van der Waals surface area contributed by atoms with Gasteiger partial charge in [0, 0.05) is 0 Å². The molecular weight excluding hydrogens is 345 g/mol. The fraction of sp³-hybridized carbons (Fsp3) is 0.538. The summed E-state index contributed by atoms with van der Waals surface area (Å²) in [5, 5.41) is 0. The molecule has 0 aliphatic rings. The molecule has 2 atom stereocenters. The van der Waals surface area contributed by atoms with E-state index in [1.165, 1.54) is 0 Å². The lowest BCUT2D eigenvalue weighted by Gasteiger charge is -2.23. The maximum absolute atomic E-state index is 11.1. The van der Waals surface area contributed by atoms with Crippen LogP contribution < -0.4 is 10.5 Å². The number of nitrogens with two attached hydrogens (primary N) is 1. The van der Waals surface area contributed by atoms with Crippen LogP contribution in [0.15, 0.2) is 30.3 Å². The summed E-state index contributed by atoms with van der Waals surface area (Å²) in [5.74, 6) is -0.454. The number of para-hydroxylation sites is 1. The minimum atomic E-state index is -4.20. The van der Waals surface area contributed by atoms with E-state index < -0.39 is 13.4 Å². The molecule has 1 rings (SSSR count). The highest BCUT2D eigenvalue weighted by Crippen LogP contribution is 2.43. The number of hydrogen-bond acceptors (Lipinski definition) is 3. The molecule has 0 amide bonds. The first-order valence-corrected chi connectivity index (χ1v) is 8.12. The normalized spacial score (nSPS) is 14.2. The molecule has 116 valence electrons. The van der Waals surface area contributed by atoms with Crippen molar-refractivity contribution in [2.75, 3.05) is 6.61 Å². The van der Waals surface area contributed by atoms with Crippen molar-refractivity contribution in [2.24, 2.45) is 11.7 Å². The van der Waals surface area contributed by atoms with Gasteiger partial charge in [-0.15, -0.1) is 17.0 Å². The Morgan fingerprint density at radius 2 is 1.90 bits per heavy atom. The van der Waals surface area contributed by atoms with Crippen molar-refractivity contribution in [1.29, 1.82) is 0 Å². The molecule has 0 aliphatic heterocycles. The monoisotopic (exact) mass is 367 g/mol. The molecule has 5 nitrogen and oxygen atoms in total. The van der Waals surface area contributed by atoms with E-state index in [2.05, 4.69) is 0 Å². The Morgan fingerprint density at radius 1 is 1.30 bits per heavy atom. The van der Waals surface area contributed by atoms with Gasteiger partial charge in [0.25, 0.3) is 0 Å². The zero-order valence-corrected chi connectivity index (χ0v) is 14.1. The van der Waals surface area contributed by atoms with Crippen molar-refractivity contribution in [3.05, 3.63) is 30.3 Å². The van der Waals surface area contributed by atoms with Gasteiger partial charge in [-0.1, -0.05) is 31.5 Å². The molecule has 1 aromatic carbocycles. The highest BCUT2D eigenvalue weighted by atomic mass is 79.9. The molecule has 1 aromatic rings. The number of benzene rings is 1. The first-order chi connectivity index (χ1) is 8.95. The van der Waals surface area contributed by atoms with Crippen LogP contribution in [-0.4, -0.2) is 22.2 Å². The van der Waals surface area contributed by atoms with Crippen molar-refractivity contribution in [3.8, 4) is 5.75 Å².